The molecule has 0 aliphatic carbocycles. The fraction of sp³-hybridized carbons (Fsp3) is 0.565. The summed E-state index contributed by atoms with van der Waals surface area (Å²) in [7, 11) is 0. The van der Waals surface area contributed by atoms with Gasteiger partial charge in [-0.3, -0.25) is 4.79 Å². The summed E-state index contributed by atoms with van der Waals surface area (Å²) in [5.41, 5.74) is 5.48. The molecule has 0 aliphatic rings. The molecule has 0 fully saturated rings. The smallest absolute Gasteiger partial charge is 0.287 e. The molecule has 1 aromatic heterocycles. The third-order valence-electron chi connectivity index (χ3n) is 5.32. The van der Waals surface area contributed by atoms with Gasteiger partial charge in [0.05, 0.1) is 5.69 Å². The Labute approximate surface area is 163 Å². The number of benzene rings is 1. The van der Waals surface area contributed by atoms with Gasteiger partial charge in [-0.05, 0) is 76.3 Å². The van der Waals surface area contributed by atoms with Crippen LogP contribution in [0.2, 0.25) is 0 Å². The summed E-state index contributed by atoms with van der Waals surface area (Å²) in [6.07, 6.45) is 6.62. The summed E-state index contributed by atoms with van der Waals surface area (Å²) in [5.74, 6) is 0.600. The van der Waals surface area contributed by atoms with E-state index in [1.54, 1.807) is 6.92 Å². The highest BCUT2D eigenvalue weighted by atomic mass is 16.5. The molecule has 1 atom stereocenters. The van der Waals surface area contributed by atoms with Gasteiger partial charge in [0.15, 0.2) is 6.10 Å². The van der Waals surface area contributed by atoms with Gasteiger partial charge in [0.25, 0.3) is 5.91 Å². The van der Waals surface area contributed by atoms with Crippen LogP contribution in [-0.4, -0.2) is 21.8 Å². The van der Waals surface area contributed by atoms with Crippen molar-refractivity contribution in [2.45, 2.75) is 86.2 Å². The maximum Gasteiger partial charge on any atom is 0.287 e. The van der Waals surface area contributed by atoms with E-state index in [9.17, 15) is 4.79 Å². The minimum Gasteiger partial charge on any atom is -0.481 e. The zero-order valence-corrected chi connectivity index (χ0v) is 17.8. The molecule has 2 aromatic rings. The van der Waals surface area contributed by atoms with Gasteiger partial charge < -0.3 is 4.74 Å². The van der Waals surface area contributed by atoms with E-state index in [0.29, 0.717) is 0 Å². The lowest BCUT2D eigenvalue weighted by atomic mass is 10.0. The normalized spacial score (nSPS) is 12.2. The van der Waals surface area contributed by atoms with Crippen LogP contribution in [0.1, 0.15) is 78.8 Å². The summed E-state index contributed by atoms with van der Waals surface area (Å²) in [6, 6.07) is 5.90. The molecule has 0 saturated heterocycles. The van der Waals surface area contributed by atoms with Crippen molar-refractivity contribution >= 4 is 5.91 Å². The van der Waals surface area contributed by atoms with E-state index in [4.69, 9.17) is 4.74 Å². The van der Waals surface area contributed by atoms with Crippen LogP contribution >= 0.6 is 0 Å². The minimum absolute atomic E-state index is 0.119. The molecule has 0 N–H and O–H groups in total. The van der Waals surface area contributed by atoms with Gasteiger partial charge in [0.1, 0.15) is 5.75 Å². The fourth-order valence-corrected chi connectivity index (χ4v) is 3.37. The zero-order valence-electron chi connectivity index (χ0n) is 17.8. The van der Waals surface area contributed by atoms with Crippen molar-refractivity contribution in [1.29, 1.82) is 0 Å². The van der Waals surface area contributed by atoms with E-state index >= 15 is 0 Å². The highest BCUT2D eigenvalue weighted by Crippen LogP contribution is 2.20. The predicted molar refractivity (Wildman–Crippen MR) is 111 cm³/mol. The number of hydrogen-bond acceptors (Lipinski definition) is 3. The van der Waals surface area contributed by atoms with Crippen molar-refractivity contribution in [3.8, 4) is 5.75 Å². The lowest BCUT2D eigenvalue weighted by Crippen LogP contribution is -2.31. The summed E-state index contributed by atoms with van der Waals surface area (Å²) in [4.78, 5) is 12.9. The van der Waals surface area contributed by atoms with Gasteiger partial charge in [0, 0.05) is 5.69 Å². The van der Waals surface area contributed by atoms with Gasteiger partial charge in [-0.2, -0.15) is 5.10 Å². The van der Waals surface area contributed by atoms with Crippen LogP contribution in [0.25, 0.3) is 0 Å². The number of carbonyl (C=O) groups excluding carboxylic acids is 1. The van der Waals surface area contributed by atoms with Gasteiger partial charge in [0.2, 0.25) is 0 Å². The number of hydrogen-bond donors (Lipinski definition) is 0. The lowest BCUT2D eigenvalue weighted by molar-refractivity contribution is 0.0707. The average Bonchev–Trinajstić information content (AvgIpc) is 2.91. The topological polar surface area (TPSA) is 44.1 Å². The van der Waals surface area contributed by atoms with Crippen molar-refractivity contribution in [3.63, 3.8) is 0 Å². The molecule has 27 heavy (non-hydrogen) atoms. The maximum absolute atomic E-state index is 12.9. The van der Waals surface area contributed by atoms with Crippen LogP contribution in [0.3, 0.4) is 0 Å². The number of carbonyl (C=O) groups is 1. The fourth-order valence-electron chi connectivity index (χ4n) is 3.37. The number of ether oxygens (including phenoxy) is 1. The largest absolute Gasteiger partial charge is 0.481 e. The number of aryl methyl sites for hydroxylation is 3. The maximum atomic E-state index is 12.9. The Morgan fingerprint density at radius 2 is 1.78 bits per heavy atom. The van der Waals surface area contributed by atoms with Crippen molar-refractivity contribution in [1.82, 2.24) is 9.78 Å². The van der Waals surface area contributed by atoms with Crippen molar-refractivity contribution in [2.24, 2.45) is 0 Å². The first-order chi connectivity index (χ1) is 12.8. The van der Waals surface area contributed by atoms with Crippen molar-refractivity contribution < 1.29 is 9.53 Å². The Bertz CT molecular complexity index is 777. The number of rotatable bonds is 9. The average molecular weight is 371 g/mol. The Kier molecular flexibility index (Phi) is 7.64. The summed E-state index contributed by atoms with van der Waals surface area (Å²) >= 11 is 0. The quantitative estimate of drug-likeness (QED) is 0.529. The number of unbranched alkanes of at least 4 members (excludes halogenated alkanes) is 4. The van der Waals surface area contributed by atoms with Gasteiger partial charge >= 0.3 is 0 Å². The summed E-state index contributed by atoms with van der Waals surface area (Å²) in [5, 5.41) is 4.51. The van der Waals surface area contributed by atoms with Crippen LogP contribution in [0.5, 0.6) is 5.75 Å². The molecule has 4 nitrogen and oxygen atoms in total. The van der Waals surface area contributed by atoms with Crippen LogP contribution in [-0.2, 0) is 6.42 Å². The Balaban J connectivity index is 2.04. The van der Waals surface area contributed by atoms with Crippen LogP contribution < -0.4 is 4.74 Å². The van der Waals surface area contributed by atoms with E-state index in [1.807, 2.05) is 39.0 Å². The van der Waals surface area contributed by atoms with Gasteiger partial charge in [-0.25, -0.2) is 4.68 Å². The minimum atomic E-state index is -0.581. The number of aromatic nitrogens is 2. The Morgan fingerprint density at radius 3 is 2.44 bits per heavy atom. The molecule has 2 rings (SSSR count). The van der Waals surface area contributed by atoms with E-state index in [1.165, 1.54) is 41.5 Å². The molecule has 0 amide bonds. The summed E-state index contributed by atoms with van der Waals surface area (Å²) < 4.78 is 7.42. The van der Waals surface area contributed by atoms with Crippen LogP contribution in [0.15, 0.2) is 18.2 Å². The molecule has 1 heterocycles. The second-order valence-electron chi connectivity index (χ2n) is 7.57. The highest BCUT2D eigenvalue weighted by Gasteiger charge is 2.22. The van der Waals surface area contributed by atoms with Crippen molar-refractivity contribution in [2.75, 3.05) is 0 Å². The van der Waals surface area contributed by atoms with Crippen LogP contribution in [0, 0.1) is 27.7 Å². The lowest BCUT2D eigenvalue weighted by Gasteiger charge is -2.15. The van der Waals surface area contributed by atoms with E-state index in [-0.39, 0.29) is 5.91 Å². The standard InChI is InChI=1S/C23H34N2O2/c1-7-8-9-10-11-12-22-18(4)24-25(19(22)5)23(26)20(6)27-21-14-13-16(2)17(3)15-21/h13-15,20H,7-12H2,1-6H3. The first-order valence-corrected chi connectivity index (χ1v) is 10.2. The summed E-state index contributed by atoms with van der Waals surface area (Å²) in [6.45, 7) is 12.1. The monoisotopic (exact) mass is 370 g/mol. The second kappa shape index (κ2) is 9.72. The van der Waals surface area contributed by atoms with E-state index < -0.39 is 6.10 Å². The zero-order chi connectivity index (χ0) is 20.0. The van der Waals surface area contributed by atoms with Gasteiger partial charge in [-0.1, -0.05) is 38.7 Å². The molecule has 0 bridgehead atoms. The molecule has 0 saturated carbocycles. The molecule has 0 radical (unpaired) electrons. The predicted octanol–water partition coefficient (Wildman–Crippen LogP) is 5.74. The third-order valence-corrected chi connectivity index (χ3v) is 5.32. The molecule has 0 aliphatic heterocycles. The first kappa shape index (κ1) is 21.2. The van der Waals surface area contributed by atoms with Crippen molar-refractivity contribution in [3.05, 3.63) is 46.3 Å². The molecule has 1 aromatic carbocycles. The third kappa shape index (κ3) is 5.44. The molecular formula is C23H34N2O2. The SMILES string of the molecule is CCCCCCCc1c(C)nn(C(=O)C(C)Oc2ccc(C)c(C)c2)c1C. The van der Waals surface area contributed by atoms with E-state index in [0.717, 1.165) is 35.5 Å². The molecule has 0 spiro atoms. The first-order valence-electron chi connectivity index (χ1n) is 10.2. The van der Waals surface area contributed by atoms with E-state index in [2.05, 4.69) is 18.9 Å². The molecule has 148 valence electrons. The number of nitrogens with zero attached hydrogens (tertiary/aromatic N) is 2. The van der Waals surface area contributed by atoms with Crippen LogP contribution in [0.4, 0.5) is 0 Å². The Hall–Kier alpha value is -2.10. The van der Waals surface area contributed by atoms with Gasteiger partial charge in [-0.15, -0.1) is 0 Å². The molecule has 1 unspecified atom stereocenters. The molecular weight excluding hydrogens is 336 g/mol. The Morgan fingerprint density at radius 1 is 1.07 bits per heavy atom. The highest BCUT2D eigenvalue weighted by molar-refractivity contribution is 5.83. The second-order valence-corrected chi connectivity index (χ2v) is 7.57. The molecule has 4 heteroatoms.